The van der Waals surface area contributed by atoms with Crippen LogP contribution in [-0.4, -0.2) is 39.6 Å². The van der Waals surface area contributed by atoms with Gasteiger partial charge in [0, 0.05) is 24.7 Å². The minimum Gasteiger partial charge on any atom is -0.493 e. The maximum atomic E-state index is 5.72. The molecule has 0 radical (unpaired) electrons. The summed E-state index contributed by atoms with van der Waals surface area (Å²) in [5.41, 5.74) is 5.13. The van der Waals surface area contributed by atoms with Crippen LogP contribution in [0.25, 0.3) is 0 Å². The molecule has 0 saturated carbocycles. The van der Waals surface area contributed by atoms with Crippen molar-refractivity contribution in [2.45, 2.75) is 25.4 Å². The average molecular weight is 369 g/mol. The van der Waals surface area contributed by atoms with Crippen molar-refractivity contribution < 1.29 is 23.7 Å². The van der Waals surface area contributed by atoms with Gasteiger partial charge in [-0.25, -0.2) is 0 Å². The number of fused-ring (bicyclic) bond motifs is 5. The molecule has 0 saturated heterocycles. The number of benzene rings is 2. The molecule has 3 aliphatic rings. The number of methoxy groups -OCH3 is 3. The molecule has 2 aromatic rings. The van der Waals surface area contributed by atoms with Gasteiger partial charge in [0.2, 0.25) is 12.5 Å². The van der Waals surface area contributed by atoms with E-state index in [9.17, 15) is 0 Å². The van der Waals surface area contributed by atoms with Crippen molar-refractivity contribution in [3.63, 3.8) is 0 Å². The lowest BCUT2D eigenvalue weighted by atomic mass is 9.83. The molecule has 0 N–H and O–H groups in total. The Bertz CT molecular complexity index is 910. The van der Waals surface area contributed by atoms with Gasteiger partial charge in [-0.15, -0.1) is 0 Å². The van der Waals surface area contributed by atoms with E-state index >= 15 is 0 Å². The molecule has 0 bridgehead atoms. The predicted octanol–water partition coefficient (Wildman–Crippen LogP) is 3.10. The summed E-state index contributed by atoms with van der Waals surface area (Å²) in [6.45, 7) is 2.15. The SMILES string of the molecule is COc1cc2c(c(OC)c1OC)CN1CCc3cc4c(cc3[C@@H]1C2)OCO4. The maximum absolute atomic E-state index is 5.72. The third kappa shape index (κ3) is 2.43. The fourth-order valence-corrected chi connectivity index (χ4v) is 4.60. The predicted molar refractivity (Wildman–Crippen MR) is 99.2 cm³/mol. The van der Waals surface area contributed by atoms with Crippen LogP contribution in [0.5, 0.6) is 28.7 Å². The highest BCUT2D eigenvalue weighted by molar-refractivity contribution is 5.61. The van der Waals surface area contributed by atoms with Gasteiger partial charge >= 0.3 is 0 Å². The minimum atomic E-state index is 0.309. The number of ether oxygens (including phenoxy) is 5. The van der Waals surface area contributed by atoms with Gasteiger partial charge in [-0.2, -0.15) is 0 Å². The topological polar surface area (TPSA) is 49.4 Å². The first-order chi connectivity index (χ1) is 13.2. The van der Waals surface area contributed by atoms with Crippen LogP contribution in [0.4, 0.5) is 0 Å². The van der Waals surface area contributed by atoms with Crippen LogP contribution in [0.15, 0.2) is 18.2 Å². The van der Waals surface area contributed by atoms with Crippen molar-refractivity contribution in [1.82, 2.24) is 4.90 Å². The Hall–Kier alpha value is -2.60. The average Bonchev–Trinajstić information content (AvgIpc) is 3.16. The lowest BCUT2D eigenvalue weighted by Crippen LogP contribution is -2.39. The van der Waals surface area contributed by atoms with E-state index < -0.39 is 0 Å². The second-order valence-electron chi connectivity index (χ2n) is 7.13. The van der Waals surface area contributed by atoms with E-state index in [1.807, 2.05) is 0 Å². The summed E-state index contributed by atoms with van der Waals surface area (Å²) in [4.78, 5) is 2.52. The van der Waals surface area contributed by atoms with Crippen LogP contribution in [0.3, 0.4) is 0 Å². The third-order valence-corrected chi connectivity index (χ3v) is 5.90. The summed E-state index contributed by atoms with van der Waals surface area (Å²) in [7, 11) is 5.00. The van der Waals surface area contributed by atoms with Crippen molar-refractivity contribution >= 4 is 0 Å². The lowest BCUT2D eigenvalue weighted by Gasteiger charge is -2.42. The van der Waals surface area contributed by atoms with Crippen LogP contribution in [-0.2, 0) is 19.4 Å². The number of hydrogen-bond acceptors (Lipinski definition) is 6. The third-order valence-electron chi connectivity index (χ3n) is 5.90. The van der Waals surface area contributed by atoms with Gasteiger partial charge in [-0.3, -0.25) is 4.90 Å². The summed E-state index contributed by atoms with van der Waals surface area (Å²) < 4.78 is 28.0. The number of rotatable bonds is 3. The van der Waals surface area contributed by atoms with Gasteiger partial charge in [0.15, 0.2) is 23.0 Å². The summed E-state index contributed by atoms with van der Waals surface area (Å²) >= 11 is 0. The van der Waals surface area contributed by atoms with Gasteiger partial charge in [0.1, 0.15) is 0 Å². The Morgan fingerprint density at radius 2 is 1.70 bits per heavy atom. The first-order valence-corrected chi connectivity index (χ1v) is 9.20. The first-order valence-electron chi connectivity index (χ1n) is 9.20. The van der Waals surface area contributed by atoms with E-state index in [1.165, 1.54) is 22.3 Å². The molecule has 0 fully saturated rings. The number of nitrogens with zero attached hydrogens (tertiary/aromatic N) is 1. The van der Waals surface area contributed by atoms with Crippen LogP contribution in [0.1, 0.15) is 28.3 Å². The van der Waals surface area contributed by atoms with Gasteiger partial charge in [0.25, 0.3) is 0 Å². The summed E-state index contributed by atoms with van der Waals surface area (Å²) in [5.74, 6) is 3.88. The second kappa shape index (κ2) is 6.23. The van der Waals surface area contributed by atoms with E-state index in [2.05, 4.69) is 23.1 Å². The molecule has 1 atom stereocenters. The monoisotopic (exact) mass is 369 g/mol. The molecular formula is C21H23NO5. The first kappa shape index (κ1) is 16.6. The quantitative estimate of drug-likeness (QED) is 0.829. The molecule has 0 aromatic heterocycles. The molecular weight excluding hydrogens is 346 g/mol. The van der Waals surface area contributed by atoms with E-state index in [0.29, 0.717) is 24.3 Å². The van der Waals surface area contributed by atoms with Crippen molar-refractivity contribution in [2.24, 2.45) is 0 Å². The minimum absolute atomic E-state index is 0.309. The number of hydrogen-bond donors (Lipinski definition) is 0. The van der Waals surface area contributed by atoms with E-state index in [0.717, 1.165) is 43.2 Å². The largest absolute Gasteiger partial charge is 0.493 e. The molecule has 0 spiro atoms. The zero-order valence-corrected chi connectivity index (χ0v) is 15.8. The summed E-state index contributed by atoms with van der Waals surface area (Å²) in [5, 5.41) is 0. The molecule has 5 rings (SSSR count). The molecule has 142 valence electrons. The highest BCUT2D eigenvalue weighted by atomic mass is 16.7. The molecule has 6 nitrogen and oxygen atoms in total. The van der Waals surface area contributed by atoms with E-state index in [4.69, 9.17) is 23.7 Å². The van der Waals surface area contributed by atoms with Gasteiger partial charge < -0.3 is 23.7 Å². The summed E-state index contributed by atoms with van der Waals surface area (Å²) in [6.07, 6.45) is 1.91. The van der Waals surface area contributed by atoms with Gasteiger partial charge in [-0.1, -0.05) is 0 Å². The Morgan fingerprint density at radius 1 is 0.926 bits per heavy atom. The summed E-state index contributed by atoms with van der Waals surface area (Å²) in [6, 6.07) is 6.73. The van der Waals surface area contributed by atoms with Crippen LogP contribution in [0.2, 0.25) is 0 Å². The fraction of sp³-hybridized carbons (Fsp3) is 0.429. The Morgan fingerprint density at radius 3 is 2.44 bits per heavy atom. The maximum Gasteiger partial charge on any atom is 0.231 e. The van der Waals surface area contributed by atoms with Crippen LogP contribution in [0, 0.1) is 0 Å². The van der Waals surface area contributed by atoms with Gasteiger partial charge in [-0.05, 0) is 47.7 Å². The zero-order chi connectivity index (χ0) is 18.5. The fourth-order valence-electron chi connectivity index (χ4n) is 4.60. The molecule has 27 heavy (non-hydrogen) atoms. The molecule has 0 unspecified atom stereocenters. The standard InChI is InChI=1S/C21H23NO5/c1-23-19-8-13-6-16-14-9-18-17(26-11-27-18)7-12(14)4-5-22(16)10-15(13)20(24-2)21(19)25-3/h7-9,16H,4-6,10-11H2,1-3H3/t16-/m0/s1. The van der Waals surface area contributed by atoms with E-state index in [1.54, 1.807) is 21.3 Å². The van der Waals surface area contributed by atoms with Crippen LogP contribution < -0.4 is 23.7 Å². The molecule has 0 aliphatic carbocycles. The Kier molecular flexibility index (Phi) is 3.82. The Balaban J connectivity index is 1.60. The molecule has 2 aromatic carbocycles. The van der Waals surface area contributed by atoms with Gasteiger partial charge in [0.05, 0.1) is 21.3 Å². The molecule has 6 heteroatoms. The smallest absolute Gasteiger partial charge is 0.231 e. The van der Waals surface area contributed by atoms with Crippen molar-refractivity contribution in [1.29, 1.82) is 0 Å². The van der Waals surface area contributed by atoms with Crippen molar-refractivity contribution in [2.75, 3.05) is 34.7 Å². The molecule has 3 aliphatic heterocycles. The highest BCUT2D eigenvalue weighted by Crippen LogP contribution is 2.49. The second-order valence-corrected chi connectivity index (χ2v) is 7.13. The molecule has 3 heterocycles. The van der Waals surface area contributed by atoms with Crippen molar-refractivity contribution in [3.8, 4) is 28.7 Å². The normalized spacial score (nSPS) is 19.7. The van der Waals surface area contributed by atoms with E-state index in [-0.39, 0.29) is 0 Å². The lowest BCUT2D eigenvalue weighted by molar-refractivity contribution is 0.157. The zero-order valence-electron chi connectivity index (χ0n) is 15.8. The highest BCUT2D eigenvalue weighted by Gasteiger charge is 2.36. The molecule has 0 amide bonds. The van der Waals surface area contributed by atoms with Crippen molar-refractivity contribution in [3.05, 3.63) is 40.5 Å². The van der Waals surface area contributed by atoms with Crippen LogP contribution >= 0.6 is 0 Å². The Labute approximate surface area is 158 Å².